The molecule has 0 aromatic carbocycles. The van der Waals surface area contributed by atoms with Crippen molar-refractivity contribution in [3.63, 3.8) is 0 Å². The first-order chi connectivity index (χ1) is 13.8. The third-order valence-electron chi connectivity index (χ3n) is 5.30. The van der Waals surface area contributed by atoms with Crippen LogP contribution in [-0.2, 0) is 10.9 Å². The van der Waals surface area contributed by atoms with Crippen LogP contribution in [0.25, 0.3) is 0 Å². The van der Waals surface area contributed by atoms with Crippen LogP contribution >= 0.6 is 0 Å². The molecule has 0 saturated carbocycles. The van der Waals surface area contributed by atoms with Crippen molar-refractivity contribution in [2.24, 2.45) is 0 Å². The summed E-state index contributed by atoms with van der Waals surface area (Å²) in [5.41, 5.74) is -0.894. The first kappa shape index (κ1) is 21.8. The quantitative estimate of drug-likeness (QED) is 0.707. The van der Waals surface area contributed by atoms with Crippen LogP contribution in [0.2, 0.25) is 0 Å². The van der Waals surface area contributed by atoms with E-state index in [9.17, 15) is 13.2 Å². The van der Waals surface area contributed by atoms with Gasteiger partial charge in [0.25, 0.3) is 0 Å². The van der Waals surface area contributed by atoms with Crippen molar-refractivity contribution in [2.45, 2.75) is 32.0 Å². The van der Waals surface area contributed by atoms with E-state index < -0.39 is 11.9 Å². The van der Waals surface area contributed by atoms with Crippen molar-refractivity contribution >= 4 is 5.82 Å². The molecule has 0 unspecified atom stereocenters. The van der Waals surface area contributed by atoms with Gasteiger partial charge in [-0.25, -0.2) is 9.97 Å². The zero-order valence-electron chi connectivity index (χ0n) is 17.0. The number of aromatic nitrogens is 2. The first-order valence-corrected chi connectivity index (χ1v) is 9.97. The lowest BCUT2D eigenvalue weighted by atomic mass is 10.1. The van der Waals surface area contributed by atoms with Crippen LogP contribution in [0.5, 0.6) is 0 Å². The Kier molecular flexibility index (Phi) is 7.33. The molecule has 29 heavy (non-hydrogen) atoms. The highest BCUT2D eigenvalue weighted by Crippen LogP contribution is 2.30. The second-order valence-corrected chi connectivity index (χ2v) is 7.59. The van der Waals surface area contributed by atoms with Gasteiger partial charge in [0.1, 0.15) is 23.9 Å². The highest BCUT2D eigenvalue weighted by atomic mass is 19.4. The molecule has 3 heterocycles. The molecule has 2 aliphatic rings. The van der Waals surface area contributed by atoms with E-state index in [1.807, 2.05) is 4.90 Å². The molecular formula is C20H28F3N5O. The van der Waals surface area contributed by atoms with Crippen molar-refractivity contribution in [3.05, 3.63) is 17.6 Å². The fourth-order valence-corrected chi connectivity index (χ4v) is 3.49. The number of hydrogen-bond acceptors (Lipinski definition) is 6. The molecule has 0 bridgehead atoms. The maximum Gasteiger partial charge on any atom is 0.433 e. The summed E-state index contributed by atoms with van der Waals surface area (Å²) in [6.07, 6.45) is -2.91. The molecule has 160 valence electrons. The number of ether oxygens (including phenoxy) is 1. The van der Waals surface area contributed by atoms with Gasteiger partial charge in [0.05, 0.1) is 12.6 Å². The Hall–Kier alpha value is -1.89. The number of aryl methyl sites for hydroxylation is 1. The van der Waals surface area contributed by atoms with E-state index in [2.05, 4.69) is 38.7 Å². The molecule has 3 rings (SSSR count). The Morgan fingerprint density at radius 2 is 1.76 bits per heavy atom. The molecule has 0 N–H and O–H groups in total. The Bertz CT molecular complexity index is 730. The van der Waals surface area contributed by atoms with Crippen molar-refractivity contribution in [1.29, 1.82) is 0 Å². The van der Waals surface area contributed by atoms with Gasteiger partial charge in [-0.2, -0.15) is 13.2 Å². The summed E-state index contributed by atoms with van der Waals surface area (Å²) >= 11 is 0. The Morgan fingerprint density at radius 1 is 1.07 bits per heavy atom. The molecule has 1 aromatic heterocycles. The van der Waals surface area contributed by atoms with Gasteiger partial charge < -0.3 is 14.5 Å². The average molecular weight is 411 g/mol. The maximum absolute atomic E-state index is 13.0. The third-order valence-corrected chi connectivity index (χ3v) is 5.30. The van der Waals surface area contributed by atoms with Gasteiger partial charge in [0.2, 0.25) is 0 Å². The van der Waals surface area contributed by atoms with E-state index >= 15 is 0 Å². The molecule has 1 aromatic rings. The number of likely N-dealkylation sites (N-methyl/N-ethyl adjacent to an activating group) is 1. The lowest BCUT2D eigenvalue weighted by Crippen LogP contribution is -2.44. The number of piperidine rings is 1. The summed E-state index contributed by atoms with van der Waals surface area (Å²) in [6.45, 7) is 8.09. The predicted octanol–water partition coefficient (Wildman–Crippen LogP) is 2.04. The van der Waals surface area contributed by atoms with E-state index in [-0.39, 0.29) is 11.9 Å². The molecule has 0 spiro atoms. The molecule has 2 fully saturated rings. The smallest absolute Gasteiger partial charge is 0.365 e. The van der Waals surface area contributed by atoms with Gasteiger partial charge in [-0.05, 0) is 26.8 Å². The number of hydrogen-bond donors (Lipinski definition) is 0. The molecule has 6 nitrogen and oxygen atoms in total. The summed E-state index contributed by atoms with van der Waals surface area (Å²) in [6, 6.07) is 1.03. The summed E-state index contributed by atoms with van der Waals surface area (Å²) in [4.78, 5) is 14.2. The monoisotopic (exact) mass is 411 g/mol. The van der Waals surface area contributed by atoms with Crippen LogP contribution in [0.15, 0.2) is 6.07 Å². The lowest BCUT2D eigenvalue weighted by molar-refractivity contribution is -0.141. The van der Waals surface area contributed by atoms with Gasteiger partial charge in [-0.1, -0.05) is 11.8 Å². The minimum Gasteiger partial charge on any atom is -0.365 e. The van der Waals surface area contributed by atoms with Crippen molar-refractivity contribution in [3.8, 4) is 11.8 Å². The van der Waals surface area contributed by atoms with Gasteiger partial charge in [0.15, 0.2) is 0 Å². The SMILES string of the molecule is Cc1nc(N2CCC(OCC#CCN3CCN(C)CC3)CC2)cc(C(F)(F)F)n1. The highest BCUT2D eigenvalue weighted by Gasteiger charge is 2.34. The number of halogens is 3. The van der Waals surface area contributed by atoms with Crippen LogP contribution in [0, 0.1) is 18.8 Å². The molecule has 0 amide bonds. The van der Waals surface area contributed by atoms with Crippen LogP contribution < -0.4 is 4.90 Å². The summed E-state index contributed by atoms with van der Waals surface area (Å²) in [5.74, 6) is 6.71. The van der Waals surface area contributed by atoms with Crippen LogP contribution in [-0.4, -0.2) is 85.3 Å². The normalized spacial score (nSPS) is 19.8. The molecule has 0 atom stereocenters. The Morgan fingerprint density at radius 3 is 2.41 bits per heavy atom. The average Bonchev–Trinajstić information content (AvgIpc) is 2.68. The number of piperazine rings is 1. The highest BCUT2D eigenvalue weighted by molar-refractivity contribution is 5.41. The van der Waals surface area contributed by atoms with Crippen molar-refractivity contribution < 1.29 is 17.9 Å². The van der Waals surface area contributed by atoms with Gasteiger partial charge in [-0.3, -0.25) is 4.90 Å². The predicted molar refractivity (Wildman–Crippen MR) is 105 cm³/mol. The minimum atomic E-state index is -4.47. The van der Waals surface area contributed by atoms with Gasteiger partial charge >= 0.3 is 6.18 Å². The van der Waals surface area contributed by atoms with Crippen molar-refractivity contribution in [1.82, 2.24) is 19.8 Å². The van der Waals surface area contributed by atoms with Crippen LogP contribution in [0.4, 0.5) is 19.0 Å². The van der Waals surface area contributed by atoms with Gasteiger partial charge in [0, 0.05) is 45.3 Å². The van der Waals surface area contributed by atoms with Crippen LogP contribution in [0.3, 0.4) is 0 Å². The number of nitrogens with zero attached hydrogens (tertiary/aromatic N) is 5. The second kappa shape index (κ2) is 9.74. The maximum atomic E-state index is 13.0. The number of anilines is 1. The summed E-state index contributed by atoms with van der Waals surface area (Å²) in [7, 11) is 2.13. The molecule has 0 aliphatic carbocycles. The molecule has 9 heteroatoms. The van der Waals surface area contributed by atoms with E-state index in [1.54, 1.807) is 0 Å². The third kappa shape index (κ3) is 6.56. The second-order valence-electron chi connectivity index (χ2n) is 7.59. The van der Waals surface area contributed by atoms with E-state index in [4.69, 9.17) is 4.74 Å². The van der Waals surface area contributed by atoms with E-state index in [1.165, 1.54) is 6.92 Å². The zero-order chi connectivity index (χ0) is 20.9. The summed E-state index contributed by atoms with van der Waals surface area (Å²) < 4.78 is 44.7. The largest absolute Gasteiger partial charge is 0.433 e. The molecule has 2 aliphatic heterocycles. The zero-order valence-corrected chi connectivity index (χ0v) is 17.0. The Labute approximate surface area is 170 Å². The first-order valence-electron chi connectivity index (χ1n) is 9.97. The standard InChI is InChI=1S/C20H28F3N5O/c1-16-24-18(20(21,22)23)15-19(25-16)28-8-5-17(6-9-28)29-14-4-3-7-27-12-10-26(2)11-13-27/h15,17H,5-14H2,1-2H3. The minimum absolute atomic E-state index is 0.0780. The lowest BCUT2D eigenvalue weighted by Gasteiger charge is -2.32. The molecular weight excluding hydrogens is 383 g/mol. The van der Waals surface area contributed by atoms with Crippen molar-refractivity contribution in [2.75, 3.05) is 64.4 Å². The Balaban J connectivity index is 1.41. The number of rotatable bonds is 4. The fraction of sp³-hybridized carbons (Fsp3) is 0.700. The fourth-order valence-electron chi connectivity index (χ4n) is 3.49. The molecule has 2 saturated heterocycles. The molecule has 0 radical (unpaired) electrons. The van der Waals surface area contributed by atoms with E-state index in [0.29, 0.717) is 25.5 Å². The summed E-state index contributed by atoms with van der Waals surface area (Å²) in [5, 5.41) is 0. The topological polar surface area (TPSA) is 44.7 Å². The van der Waals surface area contributed by atoms with E-state index in [0.717, 1.165) is 51.6 Å². The van der Waals surface area contributed by atoms with Crippen LogP contribution in [0.1, 0.15) is 24.4 Å². The van der Waals surface area contributed by atoms with Gasteiger partial charge in [-0.15, -0.1) is 0 Å². The number of alkyl halides is 3.